The minimum absolute atomic E-state index is 0.0701. The average Bonchev–Trinajstić information content (AvgIpc) is 3.18. The summed E-state index contributed by atoms with van der Waals surface area (Å²) in [6.45, 7) is 10.3. The van der Waals surface area contributed by atoms with E-state index >= 15 is 0 Å². The third-order valence-electron chi connectivity index (χ3n) is 5.74. The van der Waals surface area contributed by atoms with Crippen LogP contribution in [0.4, 0.5) is 5.69 Å². The van der Waals surface area contributed by atoms with E-state index in [-0.39, 0.29) is 11.9 Å². The molecule has 4 rings (SSSR count). The minimum Gasteiger partial charge on any atom is -0.311 e. The standard InChI is InChI=1S/C26H28N4O/c1-16(2)30-25-22(15-27-30)21(14-23(28-25)20-10-8-7-9-18(20)4)26(31)29(6)24-13-17(3)11-12-19(24)5/h7-16H,1-6H3. The second-order valence-corrected chi connectivity index (χ2v) is 8.44. The van der Waals surface area contributed by atoms with Crippen molar-refractivity contribution < 1.29 is 4.79 Å². The number of pyridine rings is 1. The molecule has 2 heterocycles. The Labute approximate surface area is 183 Å². The SMILES string of the molecule is Cc1ccc(C)c(N(C)C(=O)c2cc(-c3ccccc3C)nc3c2cnn3C(C)C)c1. The van der Waals surface area contributed by atoms with E-state index < -0.39 is 0 Å². The molecule has 0 aliphatic carbocycles. The molecule has 0 bridgehead atoms. The van der Waals surface area contributed by atoms with Crippen LogP contribution in [0.15, 0.2) is 54.7 Å². The molecule has 0 atom stereocenters. The molecule has 0 aliphatic rings. The van der Waals surface area contributed by atoms with Crippen LogP contribution in [0.1, 0.15) is 46.9 Å². The molecular formula is C26H28N4O. The van der Waals surface area contributed by atoms with Gasteiger partial charge in [-0.2, -0.15) is 5.10 Å². The summed E-state index contributed by atoms with van der Waals surface area (Å²) in [6, 6.07) is 16.3. The Balaban J connectivity index is 1.93. The molecular weight excluding hydrogens is 384 g/mol. The molecule has 2 aromatic carbocycles. The van der Waals surface area contributed by atoms with Crippen LogP contribution in [-0.2, 0) is 0 Å². The number of amides is 1. The highest BCUT2D eigenvalue weighted by atomic mass is 16.2. The number of carbonyl (C=O) groups excluding carboxylic acids is 1. The zero-order chi connectivity index (χ0) is 22.3. The lowest BCUT2D eigenvalue weighted by Crippen LogP contribution is -2.27. The summed E-state index contributed by atoms with van der Waals surface area (Å²) < 4.78 is 1.88. The molecule has 0 saturated heterocycles. The number of hydrogen-bond acceptors (Lipinski definition) is 3. The Hall–Kier alpha value is -3.47. The molecule has 0 saturated carbocycles. The molecule has 0 unspecified atom stereocenters. The van der Waals surface area contributed by atoms with Gasteiger partial charge in [0.05, 0.1) is 22.8 Å². The van der Waals surface area contributed by atoms with Crippen molar-refractivity contribution in [2.45, 2.75) is 40.7 Å². The molecule has 0 radical (unpaired) electrons. The van der Waals surface area contributed by atoms with Crippen LogP contribution >= 0.6 is 0 Å². The predicted octanol–water partition coefficient (Wildman–Crippen LogP) is 5.88. The van der Waals surface area contributed by atoms with Gasteiger partial charge in [0, 0.05) is 24.3 Å². The van der Waals surface area contributed by atoms with Gasteiger partial charge in [0.25, 0.3) is 5.91 Å². The Morgan fingerprint density at radius 3 is 2.45 bits per heavy atom. The maximum absolute atomic E-state index is 13.7. The molecule has 5 heteroatoms. The zero-order valence-electron chi connectivity index (χ0n) is 19.0. The lowest BCUT2D eigenvalue weighted by molar-refractivity contribution is 0.0994. The fraction of sp³-hybridized carbons (Fsp3) is 0.269. The van der Waals surface area contributed by atoms with Crippen molar-refractivity contribution in [1.29, 1.82) is 0 Å². The van der Waals surface area contributed by atoms with Crippen LogP contribution in [0.3, 0.4) is 0 Å². The molecule has 31 heavy (non-hydrogen) atoms. The second kappa shape index (κ2) is 7.99. The fourth-order valence-electron chi connectivity index (χ4n) is 3.94. The first-order valence-electron chi connectivity index (χ1n) is 10.6. The van der Waals surface area contributed by atoms with E-state index in [1.807, 2.05) is 62.0 Å². The largest absolute Gasteiger partial charge is 0.311 e. The van der Waals surface area contributed by atoms with Gasteiger partial charge in [0.1, 0.15) is 0 Å². The highest BCUT2D eigenvalue weighted by Crippen LogP contribution is 2.30. The monoisotopic (exact) mass is 412 g/mol. The summed E-state index contributed by atoms with van der Waals surface area (Å²) in [4.78, 5) is 20.4. The number of hydrogen-bond donors (Lipinski definition) is 0. The van der Waals surface area contributed by atoms with Gasteiger partial charge in [0.2, 0.25) is 0 Å². The first-order chi connectivity index (χ1) is 14.8. The van der Waals surface area contributed by atoms with Crippen molar-refractivity contribution >= 4 is 22.6 Å². The molecule has 2 aromatic heterocycles. The van der Waals surface area contributed by atoms with Gasteiger partial charge in [0.15, 0.2) is 5.65 Å². The number of benzene rings is 2. The number of carbonyl (C=O) groups is 1. The van der Waals surface area contributed by atoms with Crippen LogP contribution < -0.4 is 4.90 Å². The number of aryl methyl sites for hydroxylation is 3. The average molecular weight is 413 g/mol. The van der Waals surface area contributed by atoms with Crippen LogP contribution in [-0.4, -0.2) is 27.7 Å². The molecule has 0 aliphatic heterocycles. The smallest absolute Gasteiger partial charge is 0.258 e. The molecule has 0 N–H and O–H groups in total. The van der Waals surface area contributed by atoms with Crippen LogP contribution in [0.2, 0.25) is 0 Å². The fourth-order valence-corrected chi connectivity index (χ4v) is 3.94. The van der Waals surface area contributed by atoms with Crippen molar-refractivity contribution in [1.82, 2.24) is 14.8 Å². The van der Waals surface area contributed by atoms with Gasteiger partial charge in [-0.25, -0.2) is 9.67 Å². The summed E-state index contributed by atoms with van der Waals surface area (Å²) in [7, 11) is 1.83. The summed E-state index contributed by atoms with van der Waals surface area (Å²) >= 11 is 0. The summed E-state index contributed by atoms with van der Waals surface area (Å²) in [5.74, 6) is -0.0701. The normalized spacial score (nSPS) is 11.3. The summed E-state index contributed by atoms with van der Waals surface area (Å²) in [5, 5.41) is 5.31. The number of rotatable bonds is 4. The van der Waals surface area contributed by atoms with Crippen LogP contribution in [0.25, 0.3) is 22.3 Å². The summed E-state index contributed by atoms with van der Waals surface area (Å²) in [6.07, 6.45) is 1.76. The molecule has 158 valence electrons. The Kier molecular flexibility index (Phi) is 5.36. The third-order valence-corrected chi connectivity index (χ3v) is 5.74. The first kappa shape index (κ1) is 20.8. The van der Waals surface area contributed by atoms with Crippen LogP contribution in [0.5, 0.6) is 0 Å². The van der Waals surface area contributed by atoms with Gasteiger partial charge in [-0.05, 0) is 63.4 Å². The van der Waals surface area contributed by atoms with E-state index in [0.29, 0.717) is 5.56 Å². The molecule has 4 aromatic rings. The van der Waals surface area contributed by atoms with E-state index in [9.17, 15) is 4.79 Å². The second-order valence-electron chi connectivity index (χ2n) is 8.44. The first-order valence-corrected chi connectivity index (χ1v) is 10.6. The Morgan fingerprint density at radius 2 is 1.74 bits per heavy atom. The van der Waals surface area contributed by atoms with E-state index in [0.717, 1.165) is 44.7 Å². The van der Waals surface area contributed by atoms with E-state index in [1.54, 1.807) is 11.1 Å². The predicted molar refractivity (Wildman–Crippen MR) is 127 cm³/mol. The molecule has 0 fully saturated rings. The lowest BCUT2D eigenvalue weighted by Gasteiger charge is -2.21. The highest BCUT2D eigenvalue weighted by Gasteiger charge is 2.23. The molecule has 1 amide bonds. The van der Waals surface area contributed by atoms with E-state index in [2.05, 4.69) is 38.0 Å². The Morgan fingerprint density at radius 1 is 1.00 bits per heavy atom. The van der Waals surface area contributed by atoms with Crippen molar-refractivity contribution in [2.75, 3.05) is 11.9 Å². The summed E-state index contributed by atoms with van der Waals surface area (Å²) in [5.41, 5.74) is 7.34. The van der Waals surface area contributed by atoms with Gasteiger partial charge >= 0.3 is 0 Å². The van der Waals surface area contributed by atoms with Crippen molar-refractivity contribution in [3.05, 3.63) is 77.0 Å². The number of anilines is 1. The van der Waals surface area contributed by atoms with Crippen LogP contribution in [0, 0.1) is 20.8 Å². The Bertz CT molecular complexity index is 1290. The van der Waals surface area contributed by atoms with E-state index in [1.165, 1.54) is 0 Å². The quantitative estimate of drug-likeness (QED) is 0.420. The van der Waals surface area contributed by atoms with Crippen molar-refractivity contribution in [3.8, 4) is 11.3 Å². The maximum Gasteiger partial charge on any atom is 0.258 e. The minimum atomic E-state index is -0.0701. The maximum atomic E-state index is 13.7. The van der Waals surface area contributed by atoms with Crippen molar-refractivity contribution in [3.63, 3.8) is 0 Å². The van der Waals surface area contributed by atoms with Crippen molar-refractivity contribution in [2.24, 2.45) is 0 Å². The number of nitrogens with zero attached hydrogens (tertiary/aromatic N) is 4. The third kappa shape index (κ3) is 3.72. The molecule has 0 spiro atoms. The molecule has 5 nitrogen and oxygen atoms in total. The van der Waals surface area contributed by atoms with E-state index in [4.69, 9.17) is 4.98 Å². The topological polar surface area (TPSA) is 51.0 Å². The zero-order valence-corrected chi connectivity index (χ0v) is 19.0. The highest BCUT2D eigenvalue weighted by molar-refractivity contribution is 6.14. The van der Waals surface area contributed by atoms with Gasteiger partial charge in [-0.3, -0.25) is 4.79 Å². The lowest BCUT2D eigenvalue weighted by atomic mass is 10.0. The number of fused-ring (bicyclic) bond motifs is 1. The number of aromatic nitrogens is 3. The van der Waals surface area contributed by atoms with Gasteiger partial charge in [-0.1, -0.05) is 36.4 Å². The van der Waals surface area contributed by atoms with Gasteiger partial charge in [-0.15, -0.1) is 0 Å². The van der Waals surface area contributed by atoms with Gasteiger partial charge < -0.3 is 4.90 Å².